The van der Waals surface area contributed by atoms with E-state index < -0.39 is 33.4 Å². The molecule has 1 atom stereocenters. The first-order valence-electron chi connectivity index (χ1n) is 13.3. The molecule has 1 aliphatic carbocycles. The summed E-state index contributed by atoms with van der Waals surface area (Å²) in [5.74, 6) is 0. The highest BCUT2D eigenvalue weighted by Gasteiger charge is 2.38. The molecule has 3 aromatic carbocycles. The van der Waals surface area contributed by atoms with Gasteiger partial charge in [0.1, 0.15) is 19.3 Å². The lowest BCUT2D eigenvalue weighted by atomic mass is 10.1. The first-order chi connectivity index (χ1) is 19.7. The Morgan fingerprint density at radius 1 is 1.02 bits per heavy atom. The van der Waals surface area contributed by atoms with E-state index in [1.54, 1.807) is 6.07 Å². The summed E-state index contributed by atoms with van der Waals surface area (Å²) >= 11 is 3.40. The smallest absolute Gasteiger partial charge is 0.411 e. The van der Waals surface area contributed by atoms with Crippen LogP contribution in [-0.4, -0.2) is 51.0 Å². The number of hydrogen-bond donors (Lipinski definition) is 1. The highest BCUT2D eigenvalue weighted by molar-refractivity contribution is 9.10. The van der Waals surface area contributed by atoms with Crippen molar-refractivity contribution in [2.24, 2.45) is 0 Å². The van der Waals surface area contributed by atoms with E-state index in [1.807, 2.05) is 61.5 Å². The average molecular weight is 646 g/mol. The van der Waals surface area contributed by atoms with E-state index >= 15 is 0 Å². The van der Waals surface area contributed by atoms with Crippen LogP contribution in [0.1, 0.15) is 42.6 Å². The largest absolute Gasteiger partial charge is 0.446 e. The van der Waals surface area contributed by atoms with Gasteiger partial charge >= 0.3 is 12.2 Å². The lowest BCUT2D eigenvalue weighted by Gasteiger charge is -2.20. The molecule has 0 bridgehead atoms. The second kappa shape index (κ2) is 14.0. The molecule has 9 nitrogen and oxygen atoms in total. The number of halogens is 1. The third-order valence-corrected chi connectivity index (χ3v) is 9.37. The Kier molecular flexibility index (Phi) is 10.4. The zero-order valence-electron chi connectivity index (χ0n) is 22.9. The van der Waals surface area contributed by atoms with Crippen molar-refractivity contribution in [2.45, 2.75) is 49.2 Å². The Morgan fingerprint density at radius 2 is 1.73 bits per heavy atom. The number of carbonyl (C=O) groups is 2. The molecular formula is C30H33BrN2O7S. The number of carbonyl (C=O) groups excluding carboxylic acids is 2. The summed E-state index contributed by atoms with van der Waals surface area (Å²) < 4.78 is 43.8. The molecule has 1 aliphatic rings. The van der Waals surface area contributed by atoms with Crippen molar-refractivity contribution in [2.75, 3.05) is 25.6 Å². The summed E-state index contributed by atoms with van der Waals surface area (Å²) in [6.45, 7) is 2.34. The van der Waals surface area contributed by atoms with Gasteiger partial charge in [0, 0.05) is 23.8 Å². The molecule has 0 saturated heterocycles. The minimum atomic E-state index is -3.57. The number of rotatable bonds is 12. The van der Waals surface area contributed by atoms with Crippen LogP contribution in [0.5, 0.6) is 0 Å². The van der Waals surface area contributed by atoms with Crippen LogP contribution in [-0.2, 0) is 37.2 Å². The van der Waals surface area contributed by atoms with Gasteiger partial charge in [-0.2, -0.15) is 0 Å². The number of anilines is 1. The monoisotopic (exact) mass is 644 g/mol. The third-order valence-electron chi connectivity index (χ3n) is 6.48. The maximum atomic E-state index is 13.1. The highest BCUT2D eigenvalue weighted by Crippen LogP contribution is 2.36. The van der Waals surface area contributed by atoms with Gasteiger partial charge in [-0.3, -0.25) is 5.32 Å². The van der Waals surface area contributed by atoms with E-state index in [4.69, 9.17) is 14.2 Å². The summed E-state index contributed by atoms with van der Waals surface area (Å²) in [4.78, 5) is 26.8. The second-order valence-corrected chi connectivity index (χ2v) is 12.8. The van der Waals surface area contributed by atoms with Gasteiger partial charge in [0.05, 0.1) is 16.7 Å². The SMILES string of the molecule is CCO[C@@H](COC(=O)Nc1ccc(S(=O)(=O)C2CC2)c(CN(C)C(=O)OCc2ccccc2)c1)c1ccc(Br)cc1. The number of ether oxygens (including phenoxy) is 3. The molecule has 4 rings (SSSR count). The molecule has 0 aliphatic heterocycles. The highest BCUT2D eigenvalue weighted by atomic mass is 79.9. The fourth-order valence-electron chi connectivity index (χ4n) is 4.19. The van der Waals surface area contributed by atoms with E-state index in [2.05, 4.69) is 21.2 Å². The number of amides is 2. The number of hydrogen-bond acceptors (Lipinski definition) is 7. The fraction of sp³-hybridized carbons (Fsp3) is 0.333. The molecule has 3 aromatic rings. The van der Waals surface area contributed by atoms with Gasteiger partial charge in [-0.15, -0.1) is 0 Å². The topological polar surface area (TPSA) is 111 Å². The summed E-state index contributed by atoms with van der Waals surface area (Å²) in [6, 6.07) is 21.3. The summed E-state index contributed by atoms with van der Waals surface area (Å²) in [5.41, 5.74) is 2.41. The van der Waals surface area contributed by atoms with Crippen LogP contribution in [0, 0.1) is 0 Å². The van der Waals surface area contributed by atoms with Crippen molar-refractivity contribution in [3.05, 3.63) is 94.0 Å². The van der Waals surface area contributed by atoms with Gasteiger partial charge in [0.25, 0.3) is 0 Å². The van der Waals surface area contributed by atoms with Crippen LogP contribution < -0.4 is 5.32 Å². The van der Waals surface area contributed by atoms with Crippen LogP contribution >= 0.6 is 15.9 Å². The van der Waals surface area contributed by atoms with E-state index in [9.17, 15) is 18.0 Å². The predicted octanol–water partition coefficient (Wildman–Crippen LogP) is 6.48. The summed E-state index contributed by atoms with van der Waals surface area (Å²) in [7, 11) is -2.04. The summed E-state index contributed by atoms with van der Waals surface area (Å²) in [5, 5.41) is 2.22. The molecule has 1 saturated carbocycles. The fourth-order valence-corrected chi connectivity index (χ4v) is 6.32. The van der Waals surface area contributed by atoms with Crippen molar-refractivity contribution in [1.29, 1.82) is 0 Å². The molecule has 1 fully saturated rings. The lowest BCUT2D eigenvalue weighted by molar-refractivity contribution is 0.0130. The van der Waals surface area contributed by atoms with Crippen molar-refractivity contribution < 1.29 is 32.2 Å². The molecule has 0 unspecified atom stereocenters. The number of nitrogens with zero attached hydrogens (tertiary/aromatic N) is 1. The molecule has 0 heterocycles. The maximum Gasteiger partial charge on any atom is 0.411 e. The lowest BCUT2D eigenvalue weighted by Crippen LogP contribution is -2.28. The first-order valence-corrected chi connectivity index (χ1v) is 15.6. The molecule has 1 N–H and O–H groups in total. The van der Waals surface area contributed by atoms with E-state index in [0.29, 0.717) is 30.7 Å². The van der Waals surface area contributed by atoms with E-state index in [-0.39, 0.29) is 24.7 Å². The van der Waals surface area contributed by atoms with Crippen molar-refractivity contribution in [1.82, 2.24) is 4.90 Å². The number of nitrogens with one attached hydrogen (secondary N) is 1. The van der Waals surface area contributed by atoms with E-state index in [0.717, 1.165) is 15.6 Å². The average Bonchev–Trinajstić information content (AvgIpc) is 3.82. The molecule has 2 amide bonds. The molecular weight excluding hydrogens is 612 g/mol. The van der Waals surface area contributed by atoms with Gasteiger partial charge in [0.2, 0.25) is 0 Å². The standard InChI is InChI=1S/C30H33BrN2O7S/c1-3-38-27(22-9-11-24(31)12-10-22)20-39-29(34)32-25-13-16-28(41(36,37)26-14-15-26)23(17-25)18-33(2)30(35)40-19-21-7-5-4-6-8-21/h4-13,16-17,26-27H,3,14-15,18-20H2,1-2H3,(H,32,34)/t27-/m0/s1. The number of benzene rings is 3. The van der Waals surface area contributed by atoms with Gasteiger partial charge in [-0.05, 0) is 66.8 Å². The Hall–Kier alpha value is -3.41. The normalized spacial score (nSPS) is 13.7. The summed E-state index contributed by atoms with van der Waals surface area (Å²) in [6.07, 6.45) is -0.566. The second-order valence-electron chi connectivity index (χ2n) is 9.68. The molecule has 218 valence electrons. The Morgan fingerprint density at radius 3 is 2.39 bits per heavy atom. The predicted molar refractivity (Wildman–Crippen MR) is 158 cm³/mol. The zero-order chi connectivity index (χ0) is 29.4. The molecule has 0 aromatic heterocycles. The molecule has 41 heavy (non-hydrogen) atoms. The van der Waals surface area contributed by atoms with Crippen molar-refractivity contribution in [3.8, 4) is 0 Å². The van der Waals surface area contributed by atoms with Gasteiger partial charge in [-0.1, -0.05) is 58.4 Å². The van der Waals surface area contributed by atoms with Crippen molar-refractivity contribution in [3.63, 3.8) is 0 Å². The zero-order valence-corrected chi connectivity index (χ0v) is 25.3. The minimum Gasteiger partial charge on any atom is -0.446 e. The van der Waals surface area contributed by atoms with Crippen LogP contribution in [0.4, 0.5) is 15.3 Å². The first kappa shape index (κ1) is 30.5. The Labute approximate surface area is 248 Å². The molecule has 0 spiro atoms. The molecule has 11 heteroatoms. The maximum absolute atomic E-state index is 13.1. The quantitative estimate of drug-likeness (QED) is 0.240. The number of sulfone groups is 1. The van der Waals surface area contributed by atoms with Gasteiger partial charge < -0.3 is 19.1 Å². The molecule has 0 radical (unpaired) electrons. The van der Waals surface area contributed by atoms with Gasteiger partial charge in [-0.25, -0.2) is 18.0 Å². The Balaban J connectivity index is 1.44. The minimum absolute atomic E-state index is 0.0156. The third kappa shape index (κ3) is 8.54. The van der Waals surface area contributed by atoms with Crippen molar-refractivity contribution >= 4 is 43.6 Å². The Bertz CT molecular complexity index is 1450. The van der Waals surface area contributed by atoms with E-state index in [1.165, 1.54) is 24.1 Å². The van der Waals surface area contributed by atoms with Crippen LogP contribution in [0.15, 0.2) is 82.2 Å². The van der Waals surface area contributed by atoms with Crippen LogP contribution in [0.3, 0.4) is 0 Å². The van der Waals surface area contributed by atoms with Crippen LogP contribution in [0.2, 0.25) is 0 Å². The van der Waals surface area contributed by atoms with Gasteiger partial charge in [0.15, 0.2) is 9.84 Å². The van der Waals surface area contributed by atoms with Crippen LogP contribution in [0.25, 0.3) is 0 Å².